The Kier molecular flexibility index (Phi) is 2.66. The van der Waals surface area contributed by atoms with E-state index in [0.717, 1.165) is 16.8 Å². The van der Waals surface area contributed by atoms with Gasteiger partial charge in [0.05, 0.1) is 5.69 Å². The minimum absolute atomic E-state index is 0.385. The quantitative estimate of drug-likeness (QED) is 0.568. The van der Waals surface area contributed by atoms with Crippen LogP contribution < -0.4 is 0 Å². The van der Waals surface area contributed by atoms with Crippen molar-refractivity contribution in [2.45, 2.75) is 6.92 Å². The summed E-state index contributed by atoms with van der Waals surface area (Å²) in [6.07, 6.45) is 1.49. The molecule has 4 nitrogen and oxygen atoms in total. The molecule has 0 aliphatic heterocycles. The maximum Gasteiger partial charge on any atom is 0.242 e. The van der Waals surface area contributed by atoms with Gasteiger partial charge in [-0.05, 0) is 12.5 Å². The van der Waals surface area contributed by atoms with Crippen molar-refractivity contribution in [2.24, 2.45) is 12.0 Å². The molecule has 2 rings (SSSR count). The van der Waals surface area contributed by atoms with Crippen LogP contribution in [0.5, 0.6) is 0 Å². The topological polar surface area (TPSA) is 47.2 Å². The highest BCUT2D eigenvalue weighted by Crippen LogP contribution is 2.25. The number of nitrogens with zero attached hydrogens (tertiary/aromatic N) is 3. The van der Waals surface area contributed by atoms with Crippen molar-refractivity contribution >= 4 is 11.9 Å². The van der Waals surface area contributed by atoms with Gasteiger partial charge in [0.1, 0.15) is 0 Å². The lowest BCUT2D eigenvalue weighted by molar-refractivity contribution is 0.565. The van der Waals surface area contributed by atoms with Crippen LogP contribution >= 0.6 is 0 Å². The molecule has 0 radical (unpaired) electrons. The molecule has 0 saturated carbocycles. The van der Waals surface area contributed by atoms with Crippen molar-refractivity contribution in [3.63, 3.8) is 0 Å². The van der Waals surface area contributed by atoms with Crippen molar-refractivity contribution in [1.29, 1.82) is 0 Å². The molecule has 0 aliphatic carbocycles. The lowest BCUT2D eigenvalue weighted by Crippen LogP contribution is -1.94. The molecule has 0 bridgehead atoms. The number of benzene rings is 1. The first-order chi connectivity index (χ1) is 7.72. The van der Waals surface area contributed by atoms with Gasteiger partial charge in [-0.3, -0.25) is 4.68 Å². The molecule has 4 heteroatoms. The summed E-state index contributed by atoms with van der Waals surface area (Å²) in [5, 5.41) is 4.11. The molecule has 1 aromatic carbocycles. The largest absolute Gasteiger partial charge is 0.266 e. The Hall–Kier alpha value is -2.19. The van der Waals surface area contributed by atoms with E-state index >= 15 is 0 Å². The van der Waals surface area contributed by atoms with Gasteiger partial charge in [0.25, 0.3) is 0 Å². The fourth-order valence-electron chi connectivity index (χ4n) is 1.67. The summed E-state index contributed by atoms with van der Waals surface area (Å²) in [6, 6.07) is 9.77. The standard InChI is InChI=1S/C12H11N3O/c1-9-5-3-4-6-10(9)11-7-12(13-8-16)14-15(11)2/h3-7H,1-2H3. The number of isocyanates is 1. The van der Waals surface area contributed by atoms with E-state index in [1.54, 1.807) is 10.7 Å². The average molecular weight is 213 g/mol. The van der Waals surface area contributed by atoms with E-state index in [1.807, 2.05) is 38.2 Å². The van der Waals surface area contributed by atoms with Gasteiger partial charge in [-0.2, -0.15) is 5.10 Å². The Balaban J connectivity index is 2.56. The number of rotatable bonds is 2. The summed E-state index contributed by atoms with van der Waals surface area (Å²) < 4.78 is 1.71. The van der Waals surface area contributed by atoms with E-state index in [1.165, 1.54) is 6.08 Å². The monoisotopic (exact) mass is 213 g/mol. The highest BCUT2D eigenvalue weighted by Gasteiger charge is 2.08. The predicted octanol–water partition coefficient (Wildman–Crippen LogP) is 2.36. The van der Waals surface area contributed by atoms with Crippen molar-refractivity contribution in [2.75, 3.05) is 0 Å². The third kappa shape index (κ3) is 1.78. The molecule has 0 amide bonds. The molecule has 0 aliphatic rings. The Bertz CT molecular complexity index is 565. The van der Waals surface area contributed by atoms with Crippen LogP contribution in [-0.2, 0) is 11.8 Å². The van der Waals surface area contributed by atoms with E-state index in [9.17, 15) is 4.79 Å². The minimum Gasteiger partial charge on any atom is -0.266 e. The van der Waals surface area contributed by atoms with Crippen molar-refractivity contribution in [3.8, 4) is 11.3 Å². The van der Waals surface area contributed by atoms with Crippen LogP contribution in [0, 0.1) is 6.92 Å². The van der Waals surface area contributed by atoms with Crippen molar-refractivity contribution < 1.29 is 4.79 Å². The SMILES string of the molecule is Cc1ccccc1-c1cc(N=C=O)nn1C. The highest BCUT2D eigenvalue weighted by atomic mass is 16.1. The summed E-state index contributed by atoms with van der Waals surface area (Å²) in [4.78, 5) is 13.7. The molecular formula is C12H11N3O. The summed E-state index contributed by atoms with van der Waals surface area (Å²) in [5.41, 5.74) is 3.18. The lowest BCUT2D eigenvalue weighted by Gasteiger charge is -2.04. The van der Waals surface area contributed by atoms with Crippen molar-refractivity contribution in [3.05, 3.63) is 35.9 Å². The second-order valence-corrected chi connectivity index (χ2v) is 3.53. The molecule has 0 spiro atoms. The van der Waals surface area contributed by atoms with Crippen LogP contribution in [0.3, 0.4) is 0 Å². The van der Waals surface area contributed by atoms with E-state index in [-0.39, 0.29) is 0 Å². The van der Waals surface area contributed by atoms with Gasteiger partial charge in [0, 0.05) is 18.7 Å². The Morgan fingerprint density at radius 3 is 2.81 bits per heavy atom. The summed E-state index contributed by atoms with van der Waals surface area (Å²) >= 11 is 0. The molecule has 16 heavy (non-hydrogen) atoms. The summed E-state index contributed by atoms with van der Waals surface area (Å²) in [6.45, 7) is 2.03. The second-order valence-electron chi connectivity index (χ2n) is 3.53. The number of hydrogen-bond donors (Lipinski definition) is 0. The Morgan fingerprint density at radius 2 is 2.12 bits per heavy atom. The summed E-state index contributed by atoms with van der Waals surface area (Å²) in [5.74, 6) is 0.385. The Morgan fingerprint density at radius 1 is 1.38 bits per heavy atom. The van der Waals surface area contributed by atoms with E-state index in [4.69, 9.17) is 0 Å². The maximum absolute atomic E-state index is 10.2. The number of carbonyl (C=O) groups excluding carboxylic acids is 1. The third-order valence-corrected chi connectivity index (χ3v) is 2.45. The van der Waals surface area contributed by atoms with Crippen molar-refractivity contribution in [1.82, 2.24) is 9.78 Å². The molecule has 2 aromatic rings. The van der Waals surface area contributed by atoms with Crippen LogP contribution in [0.4, 0.5) is 5.82 Å². The molecular weight excluding hydrogens is 202 g/mol. The molecule has 0 saturated heterocycles. The number of aromatic nitrogens is 2. The van der Waals surface area contributed by atoms with Gasteiger partial charge >= 0.3 is 0 Å². The predicted molar refractivity (Wildman–Crippen MR) is 61.2 cm³/mol. The van der Waals surface area contributed by atoms with Crippen LogP contribution in [0.2, 0.25) is 0 Å². The van der Waals surface area contributed by atoms with Gasteiger partial charge < -0.3 is 0 Å². The van der Waals surface area contributed by atoms with Gasteiger partial charge in [-0.1, -0.05) is 24.3 Å². The lowest BCUT2D eigenvalue weighted by atomic mass is 10.1. The molecule has 1 aromatic heterocycles. The van der Waals surface area contributed by atoms with Crippen LogP contribution in [-0.4, -0.2) is 15.9 Å². The Labute approximate surface area is 93.2 Å². The first kappa shape index (κ1) is 10.3. The van der Waals surface area contributed by atoms with Crippen LogP contribution in [0.15, 0.2) is 35.3 Å². The second kappa shape index (κ2) is 4.13. The van der Waals surface area contributed by atoms with Gasteiger partial charge in [-0.25, -0.2) is 4.79 Å². The van der Waals surface area contributed by atoms with Gasteiger partial charge in [0.2, 0.25) is 6.08 Å². The molecule has 1 heterocycles. The minimum atomic E-state index is 0.385. The van der Waals surface area contributed by atoms with Crippen LogP contribution in [0.1, 0.15) is 5.56 Å². The number of hydrogen-bond acceptors (Lipinski definition) is 3. The number of aliphatic imine (C=N–C) groups is 1. The zero-order valence-corrected chi connectivity index (χ0v) is 9.14. The van der Waals surface area contributed by atoms with Gasteiger partial charge in [0.15, 0.2) is 5.82 Å². The van der Waals surface area contributed by atoms with E-state index in [2.05, 4.69) is 10.1 Å². The fraction of sp³-hybridized carbons (Fsp3) is 0.167. The molecule has 0 N–H and O–H groups in total. The maximum atomic E-state index is 10.2. The highest BCUT2D eigenvalue weighted by molar-refractivity contribution is 5.66. The third-order valence-electron chi connectivity index (χ3n) is 2.45. The van der Waals surface area contributed by atoms with Crippen LogP contribution in [0.25, 0.3) is 11.3 Å². The first-order valence-electron chi connectivity index (χ1n) is 4.90. The average Bonchev–Trinajstić information content (AvgIpc) is 2.61. The summed E-state index contributed by atoms with van der Waals surface area (Å²) in [7, 11) is 1.82. The first-order valence-corrected chi connectivity index (χ1v) is 4.90. The van der Waals surface area contributed by atoms with E-state index in [0.29, 0.717) is 5.82 Å². The fourth-order valence-corrected chi connectivity index (χ4v) is 1.67. The molecule has 80 valence electrons. The smallest absolute Gasteiger partial charge is 0.242 e. The molecule has 0 fully saturated rings. The van der Waals surface area contributed by atoms with Gasteiger partial charge in [-0.15, -0.1) is 4.99 Å². The zero-order valence-electron chi connectivity index (χ0n) is 9.14. The molecule has 0 unspecified atom stereocenters. The number of aryl methyl sites for hydroxylation is 2. The molecule has 0 atom stereocenters. The normalized spacial score (nSPS) is 9.88. The van der Waals surface area contributed by atoms with E-state index < -0.39 is 0 Å². The zero-order chi connectivity index (χ0) is 11.5.